The molecule has 0 aromatic heterocycles. The van der Waals surface area contributed by atoms with Crippen LogP contribution in [0.5, 0.6) is 0 Å². The average molecular weight is 356 g/mol. The van der Waals surface area contributed by atoms with Crippen LogP contribution in [-0.4, -0.2) is 39.3 Å². The van der Waals surface area contributed by atoms with Gasteiger partial charge in [0.25, 0.3) is 0 Å². The van der Waals surface area contributed by atoms with Gasteiger partial charge in [-0.1, -0.05) is 0 Å². The fourth-order valence-corrected chi connectivity index (χ4v) is 3.26. The number of benzene rings is 1. The first-order chi connectivity index (χ1) is 8.77. The van der Waals surface area contributed by atoms with Gasteiger partial charge < -0.3 is 9.84 Å². The van der Waals surface area contributed by atoms with E-state index in [1.54, 1.807) is 0 Å². The lowest BCUT2D eigenvalue weighted by Gasteiger charge is -2.11. The highest BCUT2D eigenvalue weighted by atomic mass is 79.9. The van der Waals surface area contributed by atoms with Crippen molar-refractivity contribution in [3.8, 4) is 0 Å². The molecular formula is C10H11BrFNO5S. The SMILES string of the molecule is COC(=O)C(O)CNS(=O)(=O)c1ccc(F)cc1Br. The topological polar surface area (TPSA) is 92.7 Å². The lowest BCUT2D eigenvalue weighted by Crippen LogP contribution is -2.37. The normalized spacial score (nSPS) is 13.1. The van der Waals surface area contributed by atoms with Gasteiger partial charge in [-0.2, -0.15) is 0 Å². The second-order valence-electron chi connectivity index (χ2n) is 3.47. The third-order valence-electron chi connectivity index (χ3n) is 2.12. The maximum absolute atomic E-state index is 12.9. The Hall–Kier alpha value is -1.03. The number of halogens is 2. The molecule has 0 aliphatic rings. The molecule has 1 rings (SSSR count). The smallest absolute Gasteiger partial charge is 0.336 e. The van der Waals surface area contributed by atoms with Gasteiger partial charge in [0.05, 0.1) is 12.0 Å². The molecule has 0 heterocycles. The number of carbonyl (C=O) groups is 1. The van der Waals surface area contributed by atoms with Gasteiger partial charge in [-0.3, -0.25) is 0 Å². The van der Waals surface area contributed by atoms with Gasteiger partial charge in [-0.05, 0) is 34.1 Å². The van der Waals surface area contributed by atoms with E-state index < -0.39 is 34.5 Å². The summed E-state index contributed by atoms with van der Waals surface area (Å²) in [5.74, 6) is -1.55. The van der Waals surface area contributed by atoms with Crippen molar-refractivity contribution in [1.29, 1.82) is 0 Å². The summed E-state index contributed by atoms with van der Waals surface area (Å²) < 4.78 is 42.9. The molecule has 1 unspecified atom stereocenters. The molecule has 0 saturated heterocycles. The van der Waals surface area contributed by atoms with Crippen LogP contribution in [0.4, 0.5) is 4.39 Å². The van der Waals surface area contributed by atoms with E-state index in [0.29, 0.717) is 0 Å². The lowest BCUT2D eigenvalue weighted by atomic mass is 10.3. The van der Waals surface area contributed by atoms with Crippen molar-refractivity contribution < 1.29 is 27.4 Å². The average Bonchev–Trinajstić information content (AvgIpc) is 2.34. The minimum atomic E-state index is -3.98. The molecule has 0 aliphatic heterocycles. The minimum absolute atomic E-state index is 0.0348. The number of sulfonamides is 1. The summed E-state index contributed by atoms with van der Waals surface area (Å²) in [6.45, 7) is -0.543. The fraction of sp³-hybridized carbons (Fsp3) is 0.300. The van der Waals surface area contributed by atoms with Crippen LogP contribution in [0, 0.1) is 5.82 Å². The third kappa shape index (κ3) is 4.23. The van der Waals surface area contributed by atoms with E-state index in [0.717, 1.165) is 25.3 Å². The molecule has 1 aromatic rings. The predicted octanol–water partition coefficient (Wildman–Crippen LogP) is 0.400. The molecule has 6 nitrogen and oxygen atoms in total. The van der Waals surface area contributed by atoms with Crippen molar-refractivity contribution in [2.45, 2.75) is 11.0 Å². The summed E-state index contributed by atoms with van der Waals surface area (Å²) in [6, 6.07) is 3.04. The zero-order valence-corrected chi connectivity index (χ0v) is 12.2. The number of aliphatic hydroxyl groups is 1. The highest BCUT2D eigenvalue weighted by molar-refractivity contribution is 9.10. The number of nitrogens with one attached hydrogen (secondary N) is 1. The number of hydrogen-bond donors (Lipinski definition) is 2. The van der Waals surface area contributed by atoms with Crippen LogP contribution in [0.15, 0.2) is 27.6 Å². The predicted molar refractivity (Wildman–Crippen MR) is 67.3 cm³/mol. The third-order valence-corrected chi connectivity index (χ3v) is 4.52. The van der Waals surface area contributed by atoms with Crippen LogP contribution in [0.2, 0.25) is 0 Å². The quantitative estimate of drug-likeness (QED) is 0.745. The Kier molecular flexibility index (Phi) is 5.41. The van der Waals surface area contributed by atoms with E-state index in [4.69, 9.17) is 0 Å². The van der Waals surface area contributed by atoms with Crippen molar-refractivity contribution in [2.75, 3.05) is 13.7 Å². The molecule has 0 radical (unpaired) electrons. The first kappa shape index (κ1) is 16.0. The van der Waals surface area contributed by atoms with E-state index in [2.05, 4.69) is 20.7 Å². The second kappa shape index (κ2) is 6.42. The number of aliphatic hydroxyl groups excluding tert-OH is 1. The van der Waals surface area contributed by atoms with Gasteiger partial charge in [0.1, 0.15) is 5.82 Å². The number of hydrogen-bond acceptors (Lipinski definition) is 5. The molecule has 0 amide bonds. The molecule has 106 valence electrons. The number of carbonyl (C=O) groups excluding carboxylic acids is 1. The maximum atomic E-state index is 12.9. The Morgan fingerprint density at radius 3 is 2.74 bits per heavy atom. The zero-order chi connectivity index (χ0) is 14.6. The van der Waals surface area contributed by atoms with Crippen LogP contribution in [0.1, 0.15) is 0 Å². The van der Waals surface area contributed by atoms with Crippen molar-refractivity contribution in [3.05, 3.63) is 28.5 Å². The fourth-order valence-electron chi connectivity index (χ4n) is 1.18. The monoisotopic (exact) mass is 355 g/mol. The van der Waals surface area contributed by atoms with Crippen molar-refractivity contribution in [3.63, 3.8) is 0 Å². The first-order valence-electron chi connectivity index (χ1n) is 4.98. The highest BCUT2D eigenvalue weighted by Crippen LogP contribution is 2.22. The van der Waals surface area contributed by atoms with Crippen LogP contribution < -0.4 is 4.72 Å². The molecule has 9 heteroatoms. The van der Waals surface area contributed by atoms with E-state index in [1.807, 2.05) is 4.72 Å². The van der Waals surface area contributed by atoms with Gasteiger partial charge in [-0.15, -0.1) is 0 Å². The van der Waals surface area contributed by atoms with Crippen molar-refractivity contribution in [1.82, 2.24) is 4.72 Å². The molecule has 1 aromatic carbocycles. The Bertz CT molecular complexity index is 577. The summed E-state index contributed by atoms with van der Waals surface area (Å²) in [7, 11) is -2.91. The molecule has 0 fully saturated rings. The summed E-state index contributed by atoms with van der Waals surface area (Å²) >= 11 is 2.92. The van der Waals surface area contributed by atoms with Crippen LogP contribution in [0.3, 0.4) is 0 Å². The van der Waals surface area contributed by atoms with Gasteiger partial charge >= 0.3 is 5.97 Å². The molecule has 19 heavy (non-hydrogen) atoms. The Labute approximate surface area is 117 Å². The molecular weight excluding hydrogens is 345 g/mol. The van der Waals surface area contributed by atoms with E-state index >= 15 is 0 Å². The molecule has 0 aliphatic carbocycles. The molecule has 1 atom stereocenters. The molecule has 0 bridgehead atoms. The van der Waals surface area contributed by atoms with Crippen LogP contribution >= 0.6 is 15.9 Å². The first-order valence-corrected chi connectivity index (χ1v) is 7.26. The molecule has 2 N–H and O–H groups in total. The van der Waals surface area contributed by atoms with E-state index in [9.17, 15) is 22.7 Å². The molecule has 0 spiro atoms. The van der Waals surface area contributed by atoms with Gasteiger partial charge in [0.15, 0.2) is 6.10 Å². The summed E-state index contributed by atoms with van der Waals surface area (Å²) in [4.78, 5) is 10.7. The number of ether oxygens (including phenoxy) is 1. The second-order valence-corrected chi connectivity index (χ2v) is 6.06. The maximum Gasteiger partial charge on any atom is 0.336 e. The zero-order valence-electron chi connectivity index (χ0n) is 9.76. The summed E-state index contributed by atoms with van der Waals surface area (Å²) in [5, 5.41) is 9.27. The number of esters is 1. The van der Waals surface area contributed by atoms with Gasteiger partial charge in [0, 0.05) is 11.0 Å². The van der Waals surface area contributed by atoms with E-state index in [1.165, 1.54) is 0 Å². The molecule has 0 saturated carbocycles. The number of methoxy groups -OCH3 is 1. The number of rotatable bonds is 5. The largest absolute Gasteiger partial charge is 0.467 e. The minimum Gasteiger partial charge on any atom is -0.467 e. The Morgan fingerprint density at radius 2 is 2.21 bits per heavy atom. The summed E-state index contributed by atoms with van der Waals surface area (Å²) in [6.07, 6.45) is -1.61. The van der Waals surface area contributed by atoms with Crippen LogP contribution in [-0.2, 0) is 19.6 Å². The Balaban J connectivity index is 2.85. The van der Waals surface area contributed by atoms with Gasteiger partial charge in [-0.25, -0.2) is 22.3 Å². The standard InChI is InChI=1S/C10H11BrFNO5S/c1-18-10(15)8(14)5-13-19(16,17)9-3-2-6(12)4-7(9)11/h2-4,8,13-14H,5H2,1H3. The van der Waals surface area contributed by atoms with Crippen LogP contribution in [0.25, 0.3) is 0 Å². The van der Waals surface area contributed by atoms with Crippen molar-refractivity contribution in [2.24, 2.45) is 0 Å². The van der Waals surface area contributed by atoms with Crippen molar-refractivity contribution >= 4 is 31.9 Å². The van der Waals surface area contributed by atoms with Gasteiger partial charge in [0.2, 0.25) is 10.0 Å². The highest BCUT2D eigenvalue weighted by Gasteiger charge is 2.22. The lowest BCUT2D eigenvalue weighted by molar-refractivity contribution is -0.149. The van der Waals surface area contributed by atoms with E-state index in [-0.39, 0.29) is 9.37 Å². The summed E-state index contributed by atoms with van der Waals surface area (Å²) in [5.41, 5.74) is 0. The Morgan fingerprint density at radius 1 is 1.58 bits per heavy atom.